The number of hydrogen-bond acceptors (Lipinski definition) is 3. The molecule has 2 N–H and O–H groups in total. The Morgan fingerprint density at radius 3 is 2.86 bits per heavy atom. The fraction of sp³-hybridized carbons (Fsp3) is 0.273. The van der Waals surface area contributed by atoms with E-state index in [1.165, 1.54) is 0 Å². The molecule has 0 aliphatic carbocycles. The van der Waals surface area contributed by atoms with Crippen LogP contribution in [-0.4, -0.2) is 7.11 Å². The summed E-state index contributed by atoms with van der Waals surface area (Å²) in [6.07, 6.45) is 1.70. The predicted molar refractivity (Wildman–Crippen MR) is 55.4 cm³/mol. The predicted octanol–water partition coefficient (Wildman–Crippen LogP) is 2.46. The van der Waals surface area contributed by atoms with E-state index in [9.17, 15) is 0 Å². The zero-order valence-electron chi connectivity index (χ0n) is 8.28. The van der Waals surface area contributed by atoms with Gasteiger partial charge in [0.2, 0.25) is 0 Å². The van der Waals surface area contributed by atoms with Gasteiger partial charge in [0, 0.05) is 23.1 Å². The molecule has 0 saturated carbocycles. The van der Waals surface area contributed by atoms with Gasteiger partial charge in [-0.2, -0.15) is 0 Å². The number of fused-ring (bicyclic) bond motifs is 1. The van der Waals surface area contributed by atoms with Crippen LogP contribution in [0.2, 0.25) is 0 Å². The Labute approximate surface area is 82.5 Å². The van der Waals surface area contributed by atoms with Gasteiger partial charge in [0.1, 0.15) is 11.3 Å². The average Bonchev–Trinajstić information content (AvgIpc) is 2.59. The second kappa shape index (κ2) is 3.35. The van der Waals surface area contributed by atoms with E-state index >= 15 is 0 Å². The molecule has 1 aromatic heterocycles. The van der Waals surface area contributed by atoms with Crippen molar-refractivity contribution in [3.8, 4) is 5.75 Å². The molecule has 74 valence electrons. The Bertz CT molecular complexity index is 445. The first kappa shape index (κ1) is 9.09. The quantitative estimate of drug-likeness (QED) is 0.793. The van der Waals surface area contributed by atoms with Crippen molar-refractivity contribution in [1.29, 1.82) is 0 Å². The van der Waals surface area contributed by atoms with Gasteiger partial charge in [-0.25, -0.2) is 0 Å². The molecule has 0 saturated heterocycles. The summed E-state index contributed by atoms with van der Waals surface area (Å²) in [4.78, 5) is 0. The maximum absolute atomic E-state index is 5.80. The van der Waals surface area contributed by atoms with Crippen molar-refractivity contribution >= 4 is 11.0 Å². The molecule has 0 bridgehead atoms. The Morgan fingerprint density at radius 1 is 1.43 bits per heavy atom. The molecule has 1 aromatic carbocycles. The van der Waals surface area contributed by atoms with Crippen LogP contribution < -0.4 is 10.5 Å². The highest BCUT2D eigenvalue weighted by Crippen LogP contribution is 2.28. The van der Waals surface area contributed by atoms with Crippen LogP contribution in [0.5, 0.6) is 5.75 Å². The fourth-order valence-electron chi connectivity index (χ4n) is 1.51. The van der Waals surface area contributed by atoms with Crippen LogP contribution in [-0.2, 0) is 0 Å². The molecule has 0 spiro atoms. The number of benzene rings is 1. The van der Waals surface area contributed by atoms with Gasteiger partial charge >= 0.3 is 0 Å². The molecule has 2 rings (SSSR count). The molecular weight excluding hydrogens is 178 g/mol. The van der Waals surface area contributed by atoms with Crippen LogP contribution in [0, 0.1) is 0 Å². The van der Waals surface area contributed by atoms with E-state index in [2.05, 4.69) is 0 Å². The maximum Gasteiger partial charge on any atom is 0.137 e. The van der Waals surface area contributed by atoms with E-state index in [-0.39, 0.29) is 6.04 Å². The number of rotatable bonds is 2. The lowest BCUT2D eigenvalue weighted by Crippen LogP contribution is -2.03. The largest absolute Gasteiger partial charge is 0.497 e. The lowest BCUT2D eigenvalue weighted by atomic mass is 10.1. The average molecular weight is 191 g/mol. The lowest BCUT2D eigenvalue weighted by molar-refractivity contribution is 0.414. The van der Waals surface area contributed by atoms with E-state index in [0.717, 1.165) is 22.3 Å². The summed E-state index contributed by atoms with van der Waals surface area (Å²) < 4.78 is 10.5. The summed E-state index contributed by atoms with van der Waals surface area (Å²) in [6, 6.07) is 5.73. The second-order valence-corrected chi connectivity index (χ2v) is 3.34. The Balaban J connectivity index is 2.59. The molecule has 1 unspecified atom stereocenters. The van der Waals surface area contributed by atoms with E-state index in [1.54, 1.807) is 13.4 Å². The second-order valence-electron chi connectivity index (χ2n) is 3.34. The summed E-state index contributed by atoms with van der Waals surface area (Å²) in [5, 5.41) is 1.06. The van der Waals surface area contributed by atoms with E-state index in [1.807, 2.05) is 25.1 Å². The highest BCUT2D eigenvalue weighted by Gasteiger charge is 2.09. The fourth-order valence-corrected chi connectivity index (χ4v) is 1.51. The molecule has 1 atom stereocenters. The first-order chi connectivity index (χ1) is 6.72. The lowest BCUT2D eigenvalue weighted by Gasteiger charge is -2.02. The van der Waals surface area contributed by atoms with Gasteiger partial charge in [-0.3, -0.25) is 0 Å². The van der Waals surface area contributed by atoms with Crippen molar-refractivity contribution in [3.05, 3.63) is 30.0 Å². The first-order valence-corrected chi connectivity index (χ1v) is 4.53. The molecule has 0 aliphatic heterocycles. The van der Waals surface area contributed by atoms with E-state index in [0.29, 0.717) is 0 Å². The summed E-state index contributed by atoms with van der Waals surface area (Å²) in [6.45, 7) is 1.94. The normalized spacial score (nSPS) is 13.1. The molecule has 1 heterocycles. The number of hydrogen-bond donors (Lipinski definition) is 1. The molecule has 0 radical (unpaired) electrons. The minimum absolute atomic E-state index is 0.00959. The minimum atomic E-state index is -0.00959. The summed E-state index contributed by atoms with van der Waals surface area (Å²) in [5.41, 5.74) is 7.65. The Kier molecular flexibility index (Phi) is 2.17. The third-order valence-electron chi connectivity index (χ3n) is 2.30. The number of ether oxygens (including phenoxy) is 1. The van der Waals surface area contributed by atoms with Crippen molar-refractivity contribution in [3.63, 3.8) is 0 Å². The molecule has 3 heteroatoms. The third kappa shape index (κ3) is 1.36. The van der Waals surface area contributed by atoms with Gasteiger partial charge in [-0.1, -0.05) is 0 Å². The first-order valence-electron chi connectivity index (χ1n) is 4.53. The minimum Gasteiger partial charge on any atom is -0.497 e. The van der Waals surface area contributed by atoms with Gasteiger partial charge in [-0.05, 0) is 19.1 Å². The molecule has 14 heavy (non-hydrogen) atoms. The standard InChI is InChI=1S/C11H13NO2/c1-7(12)10-6-14-11-5-8(13-2)3-4-9(10)11/h3-7H,12H2,1-2H3. The molecule has 0 aliphatic rings. The molecule has 2 aromatic rings. The third-order valence-corrected chi connectivity index (χ3v) is 2.30. The smallest absolute Gasteiger partial charge is 0.137 e. The summed E-state index contributed by atoms with van der Waals surface area (Å²) in [5.74, 6) is 0.795. The van der Waals surface area contributed by atoms with Crippen molar-refractivity contribution < 1.29 is 9.15 Å². The van der Waals surface area contributed by atoms with Crippen LogP contribution in [0.1, 0.15) is 18.5 Å². The highest BCUT2D eigenvalue weighted by atomic mass is 16.5. The number of nitrogens with two attached hydrogens (primary N) is 1. The van der Waals surface area contributed by atoms with Gasteiger partial charge < -0.3 is 14.9 Å². The summed E-state index contributed by atoms with van der Waals surface area (Å²) in [7, 11) is 1.64. The monoisotopic (exact) mass is 191 g/mol. The zero-order valence-corrected chi connectivity index (χ0v) is 8.28. The van der Waals surface area contributed by atoms with Crippen LogP contribution in [0.25, 0.3) is 11.0 Å². The van der Waals surface area contributed by atoms with Crippen molar-refractivity contribution in [2.75, 3.05) is 7.11 Å². The van der Waals surface area contributed by atoms with E-state index in [4.69, 9.17) is 14.9 Å². The molecular formula is C11H13NO2. The van der Waals surface area contributed by atoms with Gasteiger partial charge in [-0.15, -0.1) is 0 Å². The maximum atomic E-state index is 5.80. The van der Waals surface area contributed by atoms with Crippen molar-refractivity contribution in [1.82, 2.24) is 0 Å². The van der Waals surface area contributed by atoms with E-state index < -0.39 is 0 Å². The number of methoxy groups -OCH3 is 1. The zero-order chi connectivity index (χ0) is 10.1. The number of furan rings is 1. The summed E-state index contributed by atoms with van der Waals surface area (Å²) >= 11 is 0. The van der Waals surface area contributed by atoms with Gasteiger partial charge in [0.05, 0.1) is 13.4 Å². The molecule has 0 fully saturated rings. The highest BCUT2D eigenvalue weighted by molar-refractivity contribution is 5.82. The van der Waals surface area contributed by atoms with Crippen LogP contribution in [0.4, 0.5) is 0 Å². The SMILES string of the molecule is COc1ccc2c(C(C)N)coc2c1. The van der Waals surface area contributed by atoms with Crippen LogP contribution in [0.15, 0.2) is 28.9 Å². The van der Waals surface area contributed by atoms with Gasteiger partial charge in [0.25, 0.3) is 0 Å². The molecule has 0 amide bonds. The molecule has 3 nitrogen and oxygen atoms in total. The Morgan fingerprint density at radius 2 is 2.21 bits per heavy atom. The Hall–Kier alpha value is -1.48. The van der Waals surface area contributed by atoms with Crippen LogP contribution in [0.3, 0.4) is 0 Å². The van der Waals surface area contributed by atoms with Crippen molar-refractivity contribution in [2.24, 2.45) is 5.73 Å². The van der Waals surface area contributed by atoms with Gasteiger partial charge in [0.15, 0.2) is 0 Å². The van der Waals surface area contributed by atoms with Crippen LogP contribution >= 0.6 is 0 Å². The van der Waals surface area contributed by atoms with Crippen molar-refractivity contribution in [2.45, 2.75) is 13.0 Å². The topological polar surface area (TPSA) is 48.4 Å².